The number of nitrogen functional groups attached to an aromatic ring is 1. The number of nitrogens with two attached hydrogens (primary N) is 1. The zero-order valence-electron chi connectivity index (χ0n) is 9.20. The first-order valence-electron chi connectivity index (χ1n) is 4.97. The smallest absolute Gasteiger partial charge is 0.180 e. The molecule has 16 heavy (non-hydrogen) atoms. The van der Waals surface area contributed by atoms with Crippen LogP contribution in [0, 0.1) is 3.57 Å². The van der Waals surface area contributed by atoms with Gasteiger partial charge in [-0.2, -0.15) is 0 Å². The van der Waals surface area contributed by atoms with Crippen LogP contribution in [-0.4, -0.2) is 4.98 Å². The van der Waals surface area contributed by atoms with E-state index in [0.717, 1.165) is 5.69 Å². The molecule has 0 bridgehead atoms. The van der Waals surface area contributed by atoms with Crippen LogP contribution in [0.3, 0.4) is 0 Å². The molecule has 2 nitrogen and oxygen atoms in total. The fourth-order valence-electron chi connectivity index (χ4n) is 1.59. The van der Waals surface area contributed by atoms with Gasteiger partial charge in [0.1, 0.15) is 0 Å². The molecule has 0 aliphatic rings. The summed E-state index contributed by atoms with van der Waals surface area (Å²) in [6.45, 7) is 4.34. The van der Waals surface area contributed by atoms with Gasteiger partial charge in [0.05, 0.1) is 5.69 Å². The third kappa shape index (κ3) is 2.22. The molecule has 0 saturated heterocycles. The highest BCUT2D eigenvalue weighted by molar-refractivity contribution is 14.1. The van der Waals surface area contributed by atoms with Crippen molar-refractivity contribution in [1.29, 1.82) is 0 Å². The van der Waals surface area contributed by atoms with Crippen molar-refractivity contribution < 1.29 is 0 Å². The molecule has 0 spiro atoms. The number of halogens is 1. The highest BCUT2D eigenvalue weighted by atomic mass is 127. The third-order valence-electron chi connectivity index (χ3n) is 2.73. The normalized spacial score (nSPS) is 11.7. The Hall–Kier alpha value is -0.620. The van der Waals surface area contributed by atoms with E-state index in [-0.39, 0.29) is 5.41 Å². The highest BCUT2D eigenvalue weighted by Crippen LogP contribution is 2.32. The van der Waals surface area contributed by atoms with E-state index in [1.807, 2.05) is 5.38 Å². The monoisotopic (exact) mass is 344 g/mol. The van der Waals surface area contributed by atoms with Crippen molar-refractivity contribution in [3.05, 3.63) is 44.5 Å². The molecule has 0 unspecified atom stereocenters. The molecule has 2 N–H and O–H groups in total. The predicted octanol–water partition coefficient (Wildman–Crippen LogP) is 3.66. The second kappa shape index (κ2) is 4.33. The largest absolute Gasteiger partial charge is 0.375 e. The summed E-state index contributed by atoms with van der Waals surface area (Å²) in [5.74, 6) is 0. The van der Waals surface area contributed by atoms with Gasteiger partial charge in [-0.05, 0) is 40.3 Å². The van der Waals surface area contributed by atoms with Crippen LogP contribution in [0.15, 0.2) is 29.6 Å². The Morgan fingerprint density at radius 1 is 1.25 bits per heavy atom. The molecule has 0 amide bonds. The van der Waals surface area contributed by atoms with Crippen LogP contribution in [0.4, 0.5) is 5.13 Å². The Morgan fingerprint density at radius 2 is 1.88 bits per heavy atom. The summed E-state index contributed by atoms with van der Waals surface area (Å²) < 4.78 is 1.25. The molecule has 0 aliphatic carbocycles. The molecular weight excluding hydrogens is 331 g/mol. The van der Waals surface area contributed by atoms with E-state index in [4.69, 9.17) is 5.73 Å². The molecule has 0 saturated carbocycles. The van der Waals surface area contributed by atoms with Gasteiger partial charge >= 0.3 is 0 Å². The van der Waals surface area contributed by atoms with Crippen molar-refractivity contribution in [3.8, 4) is 0 Å². The van der Waals surface area contributed by atoms with Gasteiger partial charge in [-0.25, -0.2) is 4.98 Å². The van der Waals surface area contributed by atoms with E-state index in [2.05, 4.69) is 65.7 Å². The minimum absolute atomic E-state index is 0.0849. The standard InChI is InChI=1S/C12H13IN2S/c1-12(2,10-7-16-11(14)15-10)8-3-5-9(13)6-4-8/h3-7H,1-2H3,(H2,14,15). The minimum atomic E-state index is -0.0849. The van der Waals surface area contributed by atoms with E-state index in [9.17, 15) is 0 Å². The van der Waals surface area contributed by atoms with Crippen LogP contribution in [0.2, 0.25) is 0 Å². The Balaban J connectivity index is 2.42. The van der Waals surface area contributed by atoms with Crippen LogP contribution < -0.4 is 5.73 Å². The van der Waals surface area contributed by atoms with Crippen molar-refractivity contribution in [2.75, 3.05) is 5.73 Å². The summed E-state index contributed by atoms with van der Waals surface area (Å²) in [5, 5.41) is 2.67. The molecule has 0 radical (unpaired) electrons. The maximum Gasteiger partial charge on any atom is 0.180 e. The van der Waals surface area contributed by atoms with Gasteiger partial charge in [0.15, 0.2) is 5.13 Å². The molecular formula is C12H13IN2S. The highest BCUT2D eigenvalue weighted by Gasteiger charge is 2.25. The fourth-order valence-corrected chi connectivity index (χ4v) is 2.68. The Bertz CT molecular complexity index is 488. The first-order valence-corrected chi connectivity index (χ1v) is 6.93. The number of hydrogen-bond donors (Lipinski definition) is 1. The number of aromatic nitrogens is 1. The van der Waals surface area contributed by atoms with Gasteiger partial charge in [0.25, 0.3) is 0 Å². The molecule has 1 heterocycles. The third-order valence-corrected chi connectivity index (χ3v) is 4.12. The van der Waals surface area contributed by atoms with Crippen LogP contribution >= 0.6 is 33.9 Å². The lowest BCUT2D eigenvalue weighted by atomic mass is 9.82. The van der Waals surface area contributed by atoms with E-state index in [1.54, 1.807) is 0 Å². The van der Waals surface area contributed by atoms with Crippen molar-refractivity contribution in [2.24, 2.45) is 0 Å². The van der Waals surface area contributed by atoms with Crippen molar-refractivity contribution in [2.45, 2.75) is 19.3 Å². The first kappa shape index (κ1) is 11.9. The average Bonchev–Trinajstić information content (AvgIpc) is 2.66. The van der Waals surface area contributed by atoms with Gasteiger partial charge in [-0.3, -0.25) is 0 Å². The maximum absolute atomic E-state index is 5.68. The Kier molecular flexibility index (Phi) is 3.21. The SMILES string of the molecule is CC(C)(c1ccc(I)cc1)c1csc(N)n1. The van der Waals surface area contributed by atoms with Crippen LogP contribution in [0.25, 0.3) is 0 Å². The van der Waals surface area contributed by atoms with Gasteiger partial charge < -0.3 is 5.73 Å². The number of nitrogens with zero attached hydrogens (tertiary/aromatic N) is 1. The number of anilines is 1. The van der Waals surface area contributed by atoms with Crippen molar-refractivity contribution in [1.82, 2.24) is 4.98 Å². The summed E-state index contributed by atoms with van der Waals surface area (Å²) in [6, 6.07) is 8.54. The quantitative estimate of drug-likeness (QED) is 0.845. The molecule has 4 heteroatoms. The number of hydrogen-bond acceptors (Lipinski definition) is 3. The number of rotatable bonds is 2. The summed E-state index contributed by atoms with van der Waals surface area (Å²) in [6.07, 6.45) is 0. The molecule has 0 fully saturated rings. The lowest BCUT2D eigenvalue weighted by Gasteiger charge is -2.23. The Labute approximate surface area is 113 Å². The van der Waals surface area contributed by atoms with Crippen LogP contribution in [0.5, 0.6) is 0 Å². The van der Waals surface area contributed by atoms with Crippen LogP contribution in [0.1, 0.15) is 25.1 Å². The molecule has 0 atom stereocenters. The van der Waals surface area contributed by atoms with Crippen molar-refractivity contribution in [3.63, 3.8) is 0 Å². The fraction of sp³-hybridized carbons (Fsp3) is 0.250. The molecule has 2 rings (SSSR count). The number of benzene rings is 1. The summed E-state index contributed by atoms with van der Waals surface area (Å²) >= 11 is 3.80. The van der Waals surface area contributed by atoms with Gasteiger partial charge in [-0.15, -0.1) is 11.3 Å². The lowest BCUT2D eigenvalue weighted by molar-refractivity contribution is 0.622. The number of thiazole rings is 1. The van der Waals surface area contributed by atoms with Gasteiger partial charge in [-0.1, -0.05) is 26.0 Å². The second-order valence-electron chi connectivity index (χ2n) is 4.20. The second-order valence-corrected chi connectivity index (χ2v) is 6.34. The minimum Gasteiger partial charge on any atom is -0.375 e. The van der Waals surface area contributed by atoms with Gasteiger partial charge in [0.2, 0.25) is 0 Å². The summed E-state index contributed by atoms with van der Waals surface area (Å²) in [4.78, 5) is 4.38. The molecule has 0 aliphatic heterocycles. The van der Waals surface area contributed by atoms with E-state index < -0.39 is 0 Å². The first-order chi connectivity index (χ1) is 7.50. The Morgan fingerprint density at radius 3 is 2.38 bits per heavy atom. The lowest BCUT2D eigenvalue weighted by Crippen LogP contribution is -2.19. The summed E-state index contributed by atoms with van der Waals surface area (Å²) in [5.41, 5.74) is 7.90. The van der Waals surface area contributed by atoms with Crippen molar-refractivity contribution >= 4 is 39.1 Å². The van der Waals surface area contributed by atoms with E-state index in [0.29, 0.717) is 5.13 Å². The average molecular weight is 344 g/mol. The zero-order valence-corrected chi connectivity index (χ0v) is 12.2. The maximum atomic E-state index is 5.68. The van der Waals surface area contributed by atoms with Crippen LogP contribution in [-0.2, 0) is 5.41 Å². The van der Waals surface area contributed by atoms with E-state index in [1.165, 1.54) is 20.5 Å². The predicted molar refractivity (Wildman–Crippen MR) is 77.8 cm³/mol. The van der Waals surface area contributed by atoms with E-state index >= 15 is 0 Å². The molecule has 1 aromatic heterocycles. The molecule has 1 aromatic carbocycles. The zero-order chi connectivity index (χ0) is 11.8. The topological polar surface area (TPSA) is 38.9 Å². The van der Waals surface area contributed by atoms with Gasteiger partial charge in [0, 0.05) is 14.4 Å². The molecule has 2 aromatic rings. The molecule has 84 valence electrons. The summed E-state index contributed by atoms with van der Waals surface area (Å²) in [7, 11) is 0.